The molecule has 2 amide bonds. The van der Waals surface area contributed by atoms with Crippen LogP contribution in [0.2, 0.25) is 0 Å². The van der Waals surface area contributed by atoms with Crippen molar-refractivity contribution in [2.45, 2.75) is 31.2 Å². The summed E-state index contributed by atoms with van der Waals surface area (Å²) >= 11 is 5.99. The third kappa shape index (κ3) is 6.25. The van der Waals surface area contributed by atoms with Crippen LogP contribution in [0.1, 0.15) is 24.8 Å². The van der Waals surface area contributed by atoms with Crippen molar-refractivity contribution in [2.75, 3.05) is 0 Å². The fourth-order valence-electron chi connectivity index (χ4n) is 1.49. The first-order chi connectivity index (χ1) is 8.58. The van der Waals surface area contributed by atoms with Gasteiger partial charge >= 0.3 is 0 Å². The molecule has 1 aromatic carbocycles. The lowest BCUT2D eigenvalue weighted by Crippen LogP contribution is -2.31. The monoisotopic (exact) mass is 268 g/mol. The Labute approximate surface area is 112 Å². The zero-order valence-electron chi connectivity index (χ0n) is 10.1. The summed E-state index contributed by atoms with van der Waals surface area (Å²) in [6.07, 6.45) is 1.58. The van der Waals surface area contributed by atoms with E-state index in [1.165, 1.54) is 5.56 Å². The van der Waals surface area contributed by atoms with Crippen molar-refractivity contribution in [3.63, 3.8) is 0 Å². The largest absolute Gasteiger partial charge is 0.370 e. The van der Waals surface area contributed by atoms with E-state index in [4.69, 9.17) is 17.3 Å². The number of nitrogens with two attached hydrogens (primary N) is 1. The van der Waals surface area contributed by atoms with Crippen molar-refractivity contribution in [2.24, 2.45) is 5.73 Å². The molecule has 0 aliphatic carbocycles. The van der Waals surface area contributed by atoms with Crippen molar-refractivity contribution in [3.8, 4) is 0 Å². The summed E-state index contributed by atoms with van der Waals surface area (Å²) in [4.78, 5) is 21.9. The number of carbonyl (C=O) groups excluding carboxylic acids is 2. The lowest BCUT2D eigenvalue weighted by Gasteiger charge is -2.11. The fraction of sp³-hybridized carbons (Fsp3) is 0.385. The zero-order valence-corrected chi connectivity index (χ0v) is 10.8. The van der Waals surface area contributed by atoms with Crippen molar-refractivity contribution in [1.82, 2.24) is 5.32 Å². The maximum atomic E-state index is 11.4. The summed E-state index contributed by atoms with van der Waals surface area (Å²) in [5.41, 5.74) is 5.70. The van der Waals surface area contributed by atoms with Gasteiger partial charge in [0.05, 0.1) is 0 Å². The molecule has 1 atom stereocenters. The summed E-state index contributed by atoms with van der Waals surface area (Å²) in [7, 11) is 0. The highest BCUT2D eigenvalue weighted by molar-refractivity contribution is 6.21. The van der Waals surface area contributed by atoms with Gasteiger partial charge in [-0.15, -0.1) is 0 Å². The maximum Gasteiger partial charge on any atom is 0.221 e. The second kappa shape index (κ2) is 7.71. The van der Waals surface area contributed by atoms with Crippen LogP contribution in [-0.2, 0) is 16.0 Å². The third-order valence-corrected chi connectivity index (χ3v) is 2.77. The Morgan fingerprint density at radius 1 is 1.22 bits per heavy atom. The summed E-state index contributed by atoms with van der Waals surface area (Å²) in [6, 6.07) is 9.90. The van der Waals surface area contributed by atoms with Gasteiger partial charge in [0.2, 0.25) is 11.8 Å². The molecule has 0 heterocycles. The van der Waals surface area contributed by atoms with Crippen LogP contribution in [0.5, 0.6) is 0 Å². The van der Waals surface area contributed by atoms with Gasteiger partial charge in [-0.2, -0.15) is 0 Å². The van der Waals surface area contributed by atoms with Gasteiger partial charge in [0.1, 0.15) is 5.50 Å². The molecule has 0 spiro atoms. The van der Waals surface area contributed by atoms with Crippen molar-refractivity contribution < 1.29 is 9.59 Å². The summed E-state index contributed by atoms with van der Waals surface area (Å²) < 4.78 is 0. The molecule has 0 fully saturated rings. The Morgan fingerprint density at radius 2 is 1.89 bits per heavy atom. The molecule has 0 saturated heterocycles. The SMILES string of the molecule is NC(=O)CCC(=O)NC(Cl)CCc1ccccc1. The van der Waals surface area contributed by atoms with E-state index < -0.39 is 11.4 Å². The third-order valence-electron chi connectivity index (χ3n) is 2.45. The van der Waals surface area contributed by atoms with Gasteiger partial charge in [0, 0.05) is 12.8 Å². The molecular weight excluding hydrogens is 252 g/mol. The topological polar surface area (TPSA) is 72.2 Å². The van der Waals surface area contributed by atoms with Crippen LogP contribution in [-0.4, -0.2) is 17.3 Å². The van der Waals surface area contributed by atoms with Gasteiger partial charge in [-0.05, 0) is 18.4 Å². The van der Waals surface area contributed by atoms with Gasteiger partial charge in [0.25, 0.3) is 0 Å². The van der Waals surface area contributed by atoms with Crippen LogP contribution in [0.3, 0.4) is 0 Å². The van der Waals surface area contributed by atoms with Crippen molar-refractivity contribution in [3.05, 3.63) is 35.9 Å². The first-order valence-electron chi connectivity index (χ1n) is 5.83. The van der Waals surface area contributed by atoms with Crippen LogP contribution >= 0.6 is 11.6 Å². The first-order valence-corrected chi connectivity index (χ1v) is 6.27. The van der Waals surface area contributed by atoms with Crippen LogP contribution < -0.4 is 11.1 Å². The highest BCUT2D eigenvalue weighted by Crippen LogP contribution is 2.07. The number of hydrogen-bond acceptors (Lipinski definition) is 2. The van der Waals surface area contributed by atoms with Gasteiger partial charge in [-0.1, -0.05) is 41.9 Å². The molecule has 0 aromatic heterocycles. The van der Waals surface area contributed by atoms with Crippen LogP contribution in [0, 0.1) is 0 Å². The number of halogens is 1. The number of hydrogen-bond donors (Lipinski definition) is 2. The van der Waals surface area contributed by atoms with Gasteiger partial charge < -0.3 is 11.1 Å². The Morgan fingerprint density at radius 3 is 2.50 bits per heavy atom. The van der Waals surface area contributed by atoms with E-state index >= 15 is 0 Å². The molecule has 98 valence electrons. The van der Waals surface area contributed by atoms with E-state index in [0.717, 1.165) is 6.42 Å². The van der Waals surface area contributed by atoms with E-state index in [1.54, 1.807) is 0 Å². The van der Waals surface area contributed by atoms with E-state index in [-0.39, 0.29) is 18.7 Å². The Kier molecular flexibility index (Phi) is 6.22. The average molecular weight is 269 g/mol. The number of alkyl halides is 1. The van der Waals surface area contributed by atoms with Gasteiger partial charge in [-0.3, -0.25) is 9.59 Å². The molecule has 1 unspecified atom stereocenters. The van der Waals surface area contributed by atoms with Crippen molar-refractivity contribution >= 4 is 23.4 Å². The highest BCUT2D eigenvalue weighted by atomic mass is 35.5. The number of carbonyl (C=O) groups is 2. The summed E-state index contributed by atoms with van der Waals surface area (Å²) in [5.74, 6) is -0.734. The highest BCUT2D eigenvalue weighted by Gasteiger charge is 2.10. The molecular formula is C13H17ClN2O2. The van der Waals surface area contributed by atoms with E-state index in [0.29, 0.717) is 6.42 Å². The standard InChI is InChI=1S/C13H17ClN2O2/c14-11(16-13(18)9-8-12(15)17)7-6-10-4-2-1-3-5-10/h1-5,11H,6-9H2,(H2,15,17)(H,16,18). The molecule has 4 nitrogen and oxygen atoms in total. The van der Waals surface area contributed by atoms with Crippen LogP contribution in [0.4, 0.5) is 0 Å². The van der Waals surface area contributed by atoms with Crippen molar-refractivity contribution in [1.29, 1.82) is 0 Å². The predicted molar refractivity (Wildman–Crippen MR) is 71.0 cm³/mol. The molecule has 0 radical (unpaired) electrons. The maximum absolute atomic E-state index is 11.4. The number of aryl methyl sites for hydroxylation is 1. The van der Waals surface area contributed by atoms with Gasteiger partial charge in [-0.25, -0.2) is 0 Å². The summed E-state index contributed by atoms with van der Waals surface area (Å²) in [5, 5.41) is 2.62. The minimum atomic E-state index is -0.486. The second-order valence-electron chi connectivity index (χ2n) is 4.03. The minimum Gasteiger partial charge on any atom is -0.370 e. The molecule has 1 rings (SSSR count). The number of rotatable bonds is 7. The molecule has 0 aliphatic rings. The Balaban J connectivity index is 2.23. The number of nitrogens with one attached hydrogen (secondary N) is 1. The zero-order chi connectivity index (χ0) is 13.4. The molecule has 18 heavy (non-hydrogen) atoms. The molecule has 1 aromatic rings. The number of amides is 2. The fourth-order valence-corrected chi connectivity index (χ4v) is 1.72. The predicted octanol–water partition coefficient (Wildman–Crippen LogP) is 1.57. The smallest absolute Gasteiger partial charge is 0.221 e. The molecule has 0 aliphatic heterocycles. The Hall–Kier alpha value is -1.55. The number of benzene rings is 1. The minimum absolute atomic E-state index is 0.0497. The average Bonchev–Trinajstić information content (AvgIpc) is 2.35. The molecule has 5 heteroatoms. The summed E-state index contributed by atoms with van der Waals surface area (Å²) in [6.45, 7) is 0. The van der Waals surface area contributed by atoms with E-state index in [1.807, 2.05) is 30.3 Å². The Bertz CT molecular complexity index is 395. The van der Waals surface area contributed by atoms with E-state index in [2.05, 4.69) is 5.32 Å². The van der Waals surface area contributed by atoms with E-state index in [9.17, 15) is 9.59 Å². The normalized spacial score (nSPS) is 11.8. The van der Waals surface area contributed by atoms with Gasteiger partial charge in [0.15, 0.2) is 0 Å². The molecule has 0 saturated carbocycles. The second-order valence-corrected chi connectivity index (χ2v) is 4.55. The quantitative estimate of drug-likeness (QED) is 0.582. The van der Waals surface area contributed by atoms with Crippen LogP contribution in [0.25, 0.3) is 0 Å². The first kappa shape index (κ1) is 14.5. The lowest BCUT2D eigenvalue weighted by atomic mass is 10.1. The number of primary amides is 1. The molecule has 3 N–H and O–H groups in total. The lowest BCUT2D eigenvalue weighted by molar-refractivity contribution is -0.125. The van der Waals surface area contributed by atoms with Crippen LogP contribution in [0.15, 0.2) is 30.3 Å². The molecule has 0 bridgehead atoms.